The van der Waals surface area contributed by atoms with Gasteiger partial charge in [0.05, 0.1) is 23.3 Å². The molecule has 0 aromatic carbocycles. The van der Waals surface area contributed by atoms with Gasteiger partial charge in [-0.1, -0.05) is 6.58 Å². The number of anilines is 2. The third-order valence-corrected chi connectivity index (χ3v) is 1.56. The minimum atomic E-state index is 0.591. The molecule has 0 aliphatic heterocycles. The van der Waals surface area contributed by atoms with Crippen molar-refractivity contribution < 1.29 is 0 Å². The first kappa shape index (κ1) is 12.4. The highest BCUT2D eigenvalue weighted by molar-refractivity contribution is 5.57. The van der Waals surface area contributed by atoms with Crippen molar-refractivity contribution in [3.63, 3.8) is 0 Å². The van der Waals surface area contributed by atoms with Crippen LogP contribution in [0, 0.1) is 6.92 Å². The molecule has 14 heavy (non-hydrogen) atoms. The Morgan fingerprint density at radius 1 is 1.50 bits per heavy atom. The molecule has 0 aliphatic rings. The van der Waals surface area contributed by atoms with Crippen LogP contribution in [0.2, 0.25) is 0 Å². The molecule has 1 rings (SSSR count). The zero-order valence-corrected chi connectivity index (χ0v) is 8.57. The van der Waals surface area contributed by atoms with Gasteiger partial charge in [0.2, 0.25) is 0 Å². The van der Waals surface area contributed by atoms with Gasteiger partial charge in [0.15, 0.2) is 0 Å². The molecule has 6 N–H and O–H groups in total. The van der Waals surface area contributed by atoms with Crippen molar-refractivity contribution in [1.29, 1.82) is 0 Å². The minimum absolute atomic E-state index is 0.591. The lowest BCUT2D eigenvalue weighted by atomic mass is 10.3. The molecule has 0 fully saturated rings. The molecule has 1 aromatic rings. The van der Waals surface area contributed by atoms with Crippen molar-refractivity contribution in [1.82, 2.24) is 4.98 Å². The first-order chi connectivity index (χ1) is 6.65. The Morgan fingerprint density at radius 3 is 2.57 bits per heavy atom. The predicted octanol–water partition coefficient (Wildman–Crippen LogP) is 0.371. The monoisotopic (exact) mass is 195 g/mol. The van der Waals surface area contributed by atoms with E-state index < -0.39 is 0 Å². The molecular weight excluding hydrogens is 178 g/mol. The van der Waals surface area contributed by atoms with Gasteiger partial charge >= 0.3 is 0 Å². The maximum absolute atomic E-state index is 5.58. The standard InChI is InChI=1S/C8H12N4.CH5N/c1-3-12(10)8-4-7(9)5-11-6(8)2;1-2/h3-5H,1,9-10H2,2H3;2H2,1H3. The van der Waals surface area contributed by atoms with Gasteiger partial charge < -0.3 is 11.5 Å². The van der Waals surface area contributed by atoms with Crippen molar-refractivity contribution in [3.8, 4) is 0 Å². The third-order valence-electron chi connectivity index (χ3n) is 1.56. The highest BCUT2D eigenvalue weighted by atomic mass is 15.4. The van der Waals surface area contributed by atoms with E-state index in [2.05, 4.69) is 17.3 Å². The van der Waals surface area contributed by atoms with Crippen LogP contribution in [0.4, 0.5) is 11.4 Å². The zero-order chi connectivity index (χ0) is 11.1. The van der Waals surface area contributed by atoms with Gasteiger partial charge in [-0.05, 0) is 20.0 Å². The average Bonchev–Trinajstić information content (AvgIpc) is 2.23. The number of nitrogens with two attached hydrogens (primary N) is 3. The minimum Gasteiger partial charge on any atom is -0.397 e. The summed E-state index contributed by atoms with van der Waals surface area (Å²) in [5.41, 5.74) is 12.2. The van der Waals surface area contributed by atoms with Crippen molar-refractivity contribution >= 4 is 11.4 Å². The number of hydrazine groups is 1. The first-order valence-electron chi connectivity index (χ1n) is 4.11. The molecule has 1 heterocycles. The van der Waals surface area contributed by atoms with E-state index in [4.69, 9.17) is 11.6 Å². The number of nitrogen functional groups attached to an aromatic ring is 1. The number of rotatable bonds is 2. The summed E-state index contributed by atoms with van der Waals surface area (Å²) in [4.78, 5) is 4.05. The molecule has 0 spiro atoms. The highest BCUT2D eigenvalue weighted by Crippen LogP contribution is 2.17. The Hall–Kier alpha value is -1.59. The van der Waals surface area contributed by atoms with Gasteiger partial charge in [-0.3, -0.25) is 9.99 Å². The van der Waals surface area contributed by atoms with Crippen LogP contribution in [0.15, 0.2) is 25.0 Å². The van der Waals surface area contributed by atoms with Crippen LogP contribution in [0.1, 0.15) is 5.69 Å². The number of hydrogen-bond acceptors (Lipinski definition) is 5. The van der Waals surface area contributed by atoms with Gasteiger partial charge in [0, 0.05) is 6.20 Å². The summed E-state index contributed by atoms with van der Waals surface area (Å²) >= 11 is 0. The number of aryl methyl sites for hydroxylation is 1. The molecule has 0 saturated heterocycles. The van der Waals surface area contributed by atoms with Crippen LogP contribution in [-0.2, 0) is 0 Å². The van der Waals surface area contributed by atoms with Crippen molar-refractivity contribution in [2.45, 2.75) is 6.92 Å². The Labute approximate surface area is 84.2 Å². The Morgan fingerprint density at radius 2 is 2.07 bits per heavy atom. The molecule has 0 bridgehead atoms. The molecular formula is C9H17N5. The number of pyridine rings is 1. The van der Waals surface area contributed by atoms with Crippen LogP contribution in [0.5, 0.6) is 0 Å². The Bertz CT molecular complexity index is 297. The van der Waals surface area contributed by atoms with Crippen molar-refractivity contribution in [3.05, 3.63) is 30.7 Å². The number of nitrogens with zero attached hydrogens (tertiary/aromatic N) is 2. The van der Waals surface area contributed by atoms with Crippen molar-refractivity contribution in [2.75, 3.05) is 17.8 Å². The van der Waals surface area contributed by atoms with Gasteiger partial charge in [0.1, 0.15) is 0 Å². The molecule has 1 aromatic heterocycles. The molecule has 0 unspecified atom stereocenters. The summed E-state index contributed by atoms with van der Waals surface area (Å²) in [6.07, 6.45) is 3.10. The molecule has 78 valence electrons. The second-order valence-electron chi connectivity index (χ2n) is 2.46. The van der Waals surface area contributed by atoms with Gasteiger partial charge in [-0.15, -0.1) is 0 Å². The first-order valence-corrected chi connectivity index (χ1v) is 4.11. The van der Waals surface area contributed by atoms with E-state index in [-0.39, 0.29) is 0 Å². The molecule has 0 aliphatic carbocycles. The van der Waals surface area contributed by atoms with E-state index in [1.165, 1.54) is 18.3 Å². The van der Waals surface area contributed by atoms with Crippen molar-refractivity contribution in [2.24, 2.45) is 11.6 Å². The lowest BCUT2D eigenvalue weighted by Gasteiger charge is -2.14. The summed E-state index contributed by atoms with van der Waals surface area (Å²) in [6.45, 7) is 5.40. The molecule has 0 radical (unpaired) electrons. The molecule has 5 heteroatoms. The summed E-state index contributed by atoms with van der Waals surface area (Å²) < 4.78 is 0. The Balaban J connectivity index is 0.000000791. The molecule has 0 atom stereocenters. The quantitative estimate of drug-likeness (QED) is 0.468. The molecule has 5 nitrogen and oxygen atoms in total. The molecule has 0 amide bonds. The van der Waals surface area contributed by atoms with E-state index >= 15 is 0 Å². The maximum Gasteiger partial charge on any atom is 0.0800 e. The summed E-state index contributed by atoms with van der Waals surface area (Å²) in [6, 6.07) is 1.75. The third kappa shape index (κ3) is 3.04. The second kappa shape index (κ2) is 5.95. The lowest BCUT2D eigenvalue weighted by Crippen LogP contribution is -2.24. The Kier molecular flexibility index (Phi) is 5.28. The van der Waals surface area contributed by atoms with E-state index in [9.17, 15) is 0 Å². The van der Waals surface area contributed by atoms with Crippen LogP contribution in [0.25, 0.3) is 0 Å². The summed E-state index contributed by atoms with van der Waals surface area (Å²) in [5, 5.41) is 1.39. The van der Waals surface area contributed by atoms with E-state index in [0.29, 0.717) is 5.69 Å². The topological polar surface area (TPSA) is 94.2 Å². The van der Waals surface area contributed by atoms with Crippen LogP contribution < -0.4 is 22.3 Å². The summed E-state index contributed by atoms with van der Waals surface area (Å²) in [5.74, 6) is 5.58. The number of aromatic nitrogens is 1. The fourth-order valence-electron chi connectivity index (χ4n) is 0.897. The lowest BCUT2D eigenvalue weighted by molar-refractivity contribution is 1.04. The average molecular weight is 195 g/mol. The fraction of sp³-hybridized carbons (Fsp3) is 0.222. The summed E-state index contributed by atoms with van der Waals surface area (Å²) in [7, 11) is 1.50. The second-order valence-corrected chi connectivity index (χ2v) is 2.46. The smallest absolute Gasteiger partial charge is 0.0800 e. The maximum atomic E-state index is 5.58. The van der Waals surface area contributed by atoms with Crippen LogP contribution in [0.3, 0.4) is 0 Å². The zero-order valence-electron chi connectivity index (χ0n) is 8.57. The van der Waals surface area contributed by atoms with Crippen LogP contribution in [-0.4, -0.2) is 12.0 Å². The normalized spacial score (nSPS) is 8.57. The largest absolute Gasteiger partial charge is 0.397 e. The van der Waals surface area contributed by atoms with Gasteiger partial charge in [-0.2, -0.15) is 0 Å². The number of hydrogen-bond donors (Lipinski definition) is 3. The van der Waals surface area contributed by atoms with E-state index in [0.717, 1.165) is 11.4 Å². The van der Waals surface area contributed by atoms with E-state index in [1.807, 2.05) is 6.92 Å². The highest BCUT2D eigenvalue weighted by Gasteiger charge is 2.02. The van der Waals surface area contributed by atoms with Crippen LogP contribution >= 0.6 is 0 Å². The fourth-order valence-corrected chi connectivity index (χ4v) is 0.897. The predicted molar refractivity (Wildman–Crippen MR) is 60.4 cm³/mol. The van der Waals surface area contributed by atoms with Gasteiger partial charge in [-0.25, -0.2) is 5.84 Å². The SMILES string of the molecule is C=CN(N)c1cc(N)cnc1C.CN. The van der Waals surface area contributed by atoms with Gasteiger partial charge in [0.25, 0.3) is 0 Å². The van der Waals surface area contributed by atoms with E-state index in [1.54, 1.807) is 12.3 Å². The molecule has 0 saturated carbocycles.